The number of nitrogens with zero attached hydrogens (tertiary/aromatic N) is 2. The minimum Gasteiger partial charge on any atom is -0.504 e. The Bertz CT molecular complexity index is 737. The summed E-state index contributed by atoms with van der Waals surface area (Å²) in [5.74, 6) is 1.36. The first-order valence-corrected chi connectivity index (χ1v) is 7.76. The number of phenolic OH excluding ortho intramolecular Hbond substituents is 1. The molecule has 1 aromatic carbocycles. The molecular formula is C17H20N2O3. The molecule has 0 fully saturated rings. The summed E-state index contributed by atoms with van der Waals surface area (Å²) in [5, 5.41) is 9.79. The lowest BCUT2D eigenvalue weighted by molar-refractivity contribution is 0.318. The number of aryl methyl sites for hydroxylation is 1. The number of hydrogen-bond acceptors (Lipinski definition) is 4. The largest absolute Gasteiger partial charge is 0.504 e. The van der Waals surface area contributed by atoms with Crippen molar-refractivity contribution in [3.05, 3.63) is 40.4 Å². The quantitative estimate of drug-likeness (QED) is 0.946. The number of hydrogen-bond donors (Lipinski definition) is 1. The molecule has 5 nitrogen and oxygen atoms in total. The molecule has 5 heteroatoms. The lowest BCUT2D eigenvalue weighted by Gasteiger charge is -2.12. The van der Waals surface area contributed by atoms with Gasteiger partial charge >= 0.3 is 0 Å². The van der Waals surface area contributed by atoms with E-state index in [9.17, 15) is 9.90 Å². The second-order valence-electron chi connectivity index (χ2n) is 5.47. The Kier molecular flexibility index (Phi) is 4.13. The average molecular weight is 300 g/mol. The van der Waals surface area contributed by atoms with E-state index in [1.54, 1.807) is 28.8 Å². The van der Waals surface area contributed by atoms with E-state index in [-0.39, 0.29) is 11.3 Å². The van der Waals surface area contributed by atoms with Gasteiger partial charge in [-0.1, -0.05) is 6.42 Å². The van der Waals surface area contributed by atoms with Crippen LogP contribution in [-0.2, 0) is 13.0 Å². The van der Waals surface area contributed by atoms with E-state index in [2.05, 4.69) is 4.98 Å². The van der Waals surface area contributed by atoms with Crippen LogP contribution < -0.4 is 10.3 Å². The Morgan fingerprint density at radius 1 is 1.27 bits per heavy atom. The Balaban J connectivity index is 2.05. The summed E-state index contributed by atoms with van der Waals surface area (Å²) >= 11 is 0. The zero-order valence-electron chi connectivity index (χ0n) is 12.7. The standard InChI is InChI=1S/C17H20N2O3/c1-2-22-15-10-12(7-8-14(15)20)13-11-17(21)19-9-5-3-4-6-16(19)18-13/h7-8,10-11,20H,2-6,9H2,1H3. The van der Waals surface area contributed by atoms with Gasteiger partial charge in [-0.2, -0.15) is 0 Å². The normalized spacial score (nSPS) is 14.2. The van der Waals surface area contributed by atoms with Crippen LogP contribution >= 0.6 is 0 Å². The number of aromatic nitrogens is 2. The van der Waals surface area contributed by atoms with Gasteiger partial charge in [-0.15, -0.1) is 0 Å². The van der Waals surface area contributed by atoms with Gasteiger partial charge in [0.1, 0.15) is 5.82 Å². The van der Waals surface area contributed by atoms with E-state index >= 15 is 0 Å². The van der Waals surface area contributed by atoms with Gasteiger partial charge in [0, 0.05) is 24.6 Å². The van der Waals surface area contributed by atoms with E-state index in [0.29, 0.717) is 18.1 Å². The highest BCUT2D eigenvalue weighted by atomic mass is 16.5. The van der Waals surface area contributed by atoms with Crippen molar-refractivity contribution < 1.29 is 9.84 Å². The second-order valence-corrected chi connectivity index (χ2v) is 5.47. The first-order chi connectivity index (χ1) is 10.7. The third-order valence-corrected chi connectivity index (χ3v) is 3.92. The molecule has 1 aromatic heterocycles. The van der Waals surface area contributed by atoms with Crippen molar-refractivity contribution in [3.8, 4) is 22.8 Å². The first kappa shape index (κ1) is 14.6. The zero-order chi connectivity index (χ0) is 15.5. The summed E-state index contributed by atoms with van der Waals surface area (Å²) in [7, 11) is 0. The number of benzene rings is 1. The smallest absolute Gasteiger partial charge is 0.254 e. The molecule has 22 heavy (non-hydrogen) atoms. The van der Waals surface area contributed by atoms with Crippen LogP contribution in [0.5, 0.6) is 11.5 Å². The lowest BCUT2D eigenvalue weighted by atomic mass is 10.1. The van der Waals surface area contributed by atoms with Gasteiger partial charge < -0.3 is 9.84 Å². The number of ether oxygens (including phenoxy) is 1. The summed E-state index contributed by atoms with van der Waals surface area (Å²) in [6.45, 7) is 3.08. The molecule has 0 unspecified atom stereocenters. The highest BCUT2D eigenvalue weighted by Crippen LogP contribution is 2.31. The van der Waals surface area contributed by atoms with E-state index in [1.807, 2.05) is 6.92 Å². The van der Waals surface area contributed by atoms with Crippen molar-refractivity contribution in [1.29, 1.82) is 0 Å². The molecule has 1 N–H and O–H groups in total. The number of fused-ring (bicyclic) bond motifs is 1. The maximum absolute atomic E-state index is 12.3. The van der Waals surface area contributed by atoms with Crippen molar-refractivity contribution in [2.45, 2.75) is 39.2 Å². The Morgan fingerprint density at radius 3 is 2.95 bits per heavy atom. The molecule has 116 valence electrons. The molecule has 0 spiro atoms. The highest BCUT2D eigenvalue weighted by molar-refractivity contribution is 5.63. The monoisotopic (exact) mass is 300 g/mol. The van der Waals surface area contributed by atoms with Crippen molar-refractivity contribution >= 4 is 0 Å². The van der Waals surface area contributed by atoms with Crippen LogP contribution in [0.4, 0.5) is 0 Å². The molecule has 1 aliphatic rings. The van der Waals surface area contributed by atoms with E-state index in [0.717, 1.165) is 43.6 Å². The fraction of sp³-hybridized carbons (Fsp3) is 0.412. The molecule has 0 amide bonds. The van der Waals surface area contributed by atoms with Crippen LogP contribution in [0, 0.1) is 0 Å². The summed E-state index contributed by atoms with van der Waals surface area (Å²) in [4.78, 5) is 17.0. The highest BCUT2D eigenvalue weighted by Gasteiger charge is 2.14. The predicted molar refractivity (Wildman–Crippen MR) is 84.3 cm³/mol. The zero-order valence-corrected chi connectivity index (χ0v) is 12.7. The number of phenols is 1. The molecular weight excluding hydrogens is 280 g/mol. The summed E-state index contributed by atoms with van der Waals surface area (Å²) in [5.41, 5.74) is 1.41. The Labute approximate surface area is 129 Å². The van der Waals surface area contributed by atoms with Gasteiger partial charge in [0.25, 0.3) is 5.56 Å². The number of rotatable bonds is 3. The SMILES string of the molecule is CCOc1cc(-c2cc(=O)n3c(n2)CCCCC3)ccc1O. The fourth-order valence-corrected chi connectivity index (χ4v) is 2.81. The summed E-state index contributed by atoms with van der Waals surface area (Å²) < 4.78 is 7.18. The van der Waals surface area contributed by atoms with Gasteiger partial charge in [0.05, 0.1) is 12.3 Å². The average Bonchev–Trinajstić information content (AvgIpc) is 2.75. The maximum Gasteiger partial charge on any atom is 0.254 e. The van der Waals surface area contributed by atoms with Crippen LogP contribution in [-0.4, -0.2) is 21.3 Å². The molecule has 0 saturated carbocycles. The molecule has 0 atom stereocenters. The van der Waals surface area contributed by atoms with Gasteiger partial charge in [-0.05, 0) is 38.0 Å². The third kappa shape index (κ3) is 2.84. The summed E-state index contributed by atoms with van der Waals surface area (Å²) in [6, 6.07) is 6.63. The van der Waals surface area contributed by atoms with E-state index < -0.39 is 0 Å². The Hall–Kier alpha value is -2.30. The molecule has 0 aliphatic carbocycles. The first-order valence-electron chi connectivity index (χ1n) is 7.76. The summed E-state index contributed by atoms with van der Waals surface area (Å²) in [6.07, 6.45) is 4.06. The van der Waals surface area contributed by atoms with Crippen molar-refractivity contribution in [2.24, 2.45) is 0 Å². The van der Waals surface area contributed by atoms with E-state index in [4.69, 9.17) is 4.74 Å². The molecule has 3 rings (SSSR count). The van der Waals surface area contributed by atoms with Crippen molar-refractivity contribution in [1.82, 2.24) is 9.55 Å². The molecule has 2 heterocycles. The van der Waals surface area contributed by atoms with Crippen LogP contribution in [0.15, 0.2) is 29.1 Å². The molecule has 0 bridgehead atoms. The van der Waals surface area contributed by atoms with Crippen LogP contribution in [0.1, 0.15) is 32.0 Å². The maximum atomic E-state index is 12.3. The fourth-order valence-electron chi connectivity index (χ4n) is 2.81. The second kappa shape index (κ2) is 6.22. The third-order valence-electron chi connectivity index (χ3n) is 3.92. The van der Waals surface area contributed by atoms with Gasteiger partial charge in [-0.25, -0.2) is 4.98 Å². The Morgan fingerprint density at radius 2 is 2.14 bits per heavy atom. The van der Waals surface area contributed by atoms with Crippen molar-refractivity contribution in [2.75, 3.05) is 6.61 Å². The van der Waals surface area contributed by atoms with Gasteiger partial charge in [0.15, 0.2) is 11.5 Å². The lowest BCUT2D eigenvalue weighted by Crippen LogP contribution is -2.23. The minimum absolute atomic E-state index is 0.00654. The molecule has 0 radical (unpaired) electrons. The van der Waals surface area contributed by atoms with E-state index in [1.165, 1.54) is 0 Å². The topological polar surface area (TPSA) is 64.4 Å². The van der Waals surface area contributed by atoms with Crippen molar-refractivity contribution in [3.63, 3.8) is 0 Å². The predicted octanol–water partition coefficient (Wildman–Crippen LogP) is 2.74. The van der Waals surface area contributed by atoms with Gasteiger partial charge in [0.2, 0.25) is 0 Å². The molecule has 1 aliphatic heterocycles. The molecule has 2 aromatic rings. The van der Waals surface area contributed by atoms with Gasteiger partial charge in [-0.3, -0.25) is 9.36 Å². The van der Waals surface area contributed by atoms with Crippen LogP contribution in [0.25, 0.3) is 11.3 Å². The van der Waals surface area contributed by atoms with Crippen LogP contribution in [0.2, 0.25) is 0 Å². The molecule has 0 saturated heterocycles. The minimum atomic E-state index is -0.00654. The van der Waals surface area contributed by atoms with Crippen LogP contribution in [0.3, 0.4) is 0 Å². The number of aromatic hydroxyl groups is 1.